The molecule has 0 amide bonds. The van der Waals surface area contributed by atoms with Gasteiger partial charge in [-0.25, -0.2) is 0 Å². The van der Waals surface area contributed by atoms with Gasteiger partial charge in [-0.2, -0.15) is 13.2 Å². The number of nitrogens with zero attached hydrogens (tertiary/aromatic N) is 1. The van der Waals surface area contributed by atoms with Gasteiger partial charge < -0.3 is 4.90 Å². The molecule has 0 atom stereocenters. The first-order chi connectivity index (χ1) is 6.96. The second kappa shape index (κ2) is 3.70. The third-order valence-corrected chi connectivity index (χ3v) is 2.90. The molecule has 1 heterocycles. The van der Waals surface area contributed by atoms with Crippen molar-refractivity contribution in [1.82, 2.24) is 0 Å². The Morgan fingerprint density at radius 3 is 2.73 bits per heavy atom. The van der Waals surface area contributed by atoms with E-state index in [0.29, 0.717) is 18.7 Å². The summed E-state index contributed by atoms with van der Waals surface area (Å²) >= 11 is 3.26. The lowest BCUT2D eigenvalue weighted by Gasteiger charge is -2.21. The molecular weight excluding hydrogens is 271 g/mol. The molecule has 1 aliphatic heterocycles. The fourth-order valence-corrected chi connectivity index (χ4v) is 2.15. The van der Waals surface area contributed by atoms with Crippen LogP contribution in [0.2, 0.25) is 0 Å². The van der Waals surface area contributed by atoms with Crippen molar-refractivity contribution in [2.75, 3.05) is 18.0 Å². The number of anilines is 1. The highest BCUT2D eigenvalue weighted by atomic mass is 79.9. The largest absolute Gasteiger partial charge is 0.405 e. The van der Waals surface area contributed by atoms with Gasteiger partial charge in [0.25, 0.3) is 0 Å². The molecule has 0 saturated heterocycles. The van der Waals surface area contributed by atoms with E-state index in [1.165, 1.54) is 4.90 Å². The number of hydrogen-bond acceptors (Lipinski definition) is 1. The van der Waals surface area contributed by atoms with Crippen LogP contribution in [-0.2, 0) is 6.42 Å². The van der Waals surface area contributed by atoms with Gasteiger partial charge in [-0.05, 0) is 24.1 Å². The molecule has 0 radical (unpaired) electrons. The average molecular weight is 280 g/mol. The fraction of sp³-hybridized carbons (Fsp3) is 0.400. The van der Waals surface area contributed by atoms with Crippen molar-refractivity contribution in [1.29, 1.82) is 0 Å². The zero-order chi connectivity index (χ0) is 11.1. The van der Waals surface area contributed by atoms with Gasteiger partial charge in [0.15, 0.2) is 0 Å². The van der Waals surface area contributed by atoms with Crippen LogP contribution in [0.5, 0.6) is 0 Å². The molecule has 0 bridgehead atoms. The van der Waals surface area contributed by atoms with Gasteiger partial charge in [-0.1, -0.05) is 22.0 Å². The van der Waals surface area contributed by atoms with Crippen molar-refractivity contribution in [3.63, 3.8) is 0 Å². The minimum absolute atomic E-state index is 0.450. The van der Waals surface area contributed by atoms with Crippen molar-refractivity contribution in [2.24, 2.45) is 0 Å². The SMILES string of the molecule is FC(F)(F)CN1CCc2ccc(Br)cc21. The molecule has 82 valence electrons. The van der Waals surface area contributed by atoms with Crippen LogP contribution in [0.3, 0.4) is 0 Å². The van der Waals surface area contributed by atoms with Crippen molar-refractivity contribution >= 4 is 21.6 Å². The summed E-state index contributed by atoms with van der Waals surface area (Å²) in [6.45, 7) is -0.415. The summed E-state index contributed by atoms with van der Waals surface area (Å²) in [6.07, 6.45) is -3.44. The molecule has 1 nitrogen and oxygen atoms in total. The van der Waals surface area contributed by atoms with E-state index in [-0.39, 0.29) is 0 Å². The number of halogens is 4. The molecule has 2 rings (SSSR count). The van der Waals surface area contributed by atoms with Gasteiger partial charge in [0.1, 0.15) is 6.54 Å². The maximum absolute atomic E-state index is 12.2. The molecule has 0 aromatic heterocycles. The molecule has 0 spiro atoms. The molecular formula is C10H9BrF3N. The Hall–Kier alpha value is -0.710. The first kappa shape index (κ1) is 10.8. The van der Waals surface area contributed by atoms with E-state index in [9.17, 15) is 13.2 Å². The number of hydrogen-bond donors (Lipinski definition) is 0. The van der Waals surface area contributed by atoms with Gasteiger partial charge >= 0.3 is 6.18 Å². The molecule has 1 aromatic carbocycles. The van der Waals surface area contributed by atoms with E-state index in [0.717, 1.165) is 10.0 Å². The van der Waals surface area contributed by atoms with Gasteiger partial charge in [0, 0.05) is 16.7 Å². The van der Waals surface area contributed by atoms with Crippen LogP contribution in [0.1, 0.15) is 5.56 Å². The Morgan fingerprint density at radius 2 is 2.07 bits per heavy atom. The minimum atomic E-state index is -4.13. The van der Waals surface area contributed by atoms with Crippen LogP contribution < -0.4 is 4.90 Å². The monoisotopic (exact) mass is 279 g/mol. The number of rotatable bonds is 1. The quantitative estimate of drug-likeness (QED) is 0.762. The lowest BCUT2D eigenvalue weighted by atomic mass is 10.2. The maximum Gasteiger partial charge on any atom is 0.405 e. The predicted octanol–water partition coefficient (Wildman–Crippen LogP) is 3.37. The standard InChI is InChI=1S/C10H9BrF3N/c11-8-2-1-7-3-4-15(9(7)5-8)6-10(12,13)14/h1-2,5H,3-4,6H2. The van der Waals surface area contributed by atoms with Crippen LogP contribution in [0.4, 0.5) is 18.9 Å². The molecule has 0 N–H and O–H groups in total. The summed E-state index contributed by atoms with van der Waals surface area (Å²) in [7, 11) is 0. The van der Waals surface area contributed by atoms with Gasteiger partial charge in [-0.3, -0.25) is 0 Å². The van der Waals surface area contributed by atoms with E-state index in [1.54, 1.807) is 6.07 Å². The van der Waals surface area contributed by atoms with Crippen molar-refractivity contribution in [3.8, 4) is 0 Å². The molecule has 15 heavy (non-hydrogen) atoms. The smallest absolute Gasteiger partial charge is 0.362 e. The molecule has 0 fully saturated rings. The molecule has 5 heteroatoms. The third-order valence-electron chi connectivity index (χ3n) is 2.41. The Labute approximate surface area is 94.0 Å². The Morgan fingerprint density at radius 1 is 1.33 bits per heavy atom. The summed E-state index contributed by atoms with van der Waals surface area (Å²) in [5.41, 5.74) is 1.68. The van der Waals surface area contributed by atoms with Crippen LogP contribution in [-0.4, -0.2) is 19.3 Å². The first-order valence-electron chi connectivity index (χ1n) is 4.56. The summed E-state index contributed by atoms with van der Waals surface area (Å²) < 4.78 is 37.6. The maximum atomic E-state index is 12.2. The lowest BCUT2D eigenvalue weighted by Crippen LogP contribution is -2.32. The molecule has 0 saturated carbocycles. The highest BCUT2D eigenvalue weighted by Gasteiger charge is 2.33. The number of fused-ring (bicyclic) bond motifs is 1. The summed E-state index contributed by atoms with van der Waals surface area (Å²) in [5, 5.41) is 0. The van der Waals surface area contributed by atoms with E-state index in [4.69, 9.17) is 0 Å². The summed E-state index contributed by atoms with van der Waals surface area (Å²) in [6, 6.07) is 5.47. The van der Waals surface area contributed by atoms with Crippen LogP contribution in [0, 0.1) is 0 Å². The molecule has 1 aliphatic rings. The topological polar surface area (TPSA) is 3.24 Å². The van der Waals surface area contributed by atoms with Crippen LogP contribution in [0.15, 0.2) is 22.7 Å². The zero-order valence-corrected chi connectivity index (χ0v) is 9.40. The fourth-order valence-electron chi connectivity index (χ4n) is 1.80. The summed E-state index contributed by atoms with van der Waals surface area (Å²) in [5.74, 6) is 0. The number of alkyl halides is 3. The molecule has 1 aromatic rings. The highest BCUT2D eigenvalue weighted by molar-refractivity contribution is 9.10. The third kappa shape index (κ3) is 2.45. The zero-order valence-electron chi connectivity index (χ0n) is 7.81. The predicted molar refractivity (Wildman–Crippen MR) is 56.1 cm³/mol. The molecule has 0 aliphatic carbocycles. The lowest BCUT2D eigenvalue weighted by molar-refractivity contribution is -0.119. The minimum Gasteiger partial charge on any atom is -0.362 e. The van der Waals surface area contributed by atoms with Crippen molar-refractivity contribution in [3.05, 3.63) is 28.2 Å². The van der Waals surface area contributed by atoms with Crippen molar-refractivity contribution < 1.29 is 13.2 Å². The van der Waals surface area contributed by atoms with Gasteiger partial charge in [-0.15, -0.1) is 0 Å². The van der Waals surface area contributed by atoms with E-state index >= 15 is 0 Å². The summed E-state index contributed by atoms with van der Waals surface area (Å²) in [4.78, 5) is 1.38. The Bertz CT molecular complexity index is 375. The van der Waals surface area contributed by atoms with Gasteiger partial charge in [0.2, 0.25) is 0 Å². The van der Waals surface area contributed by atoms with Crippen LogP contribution in [0.25, 0.3) is 0 Å². The van der Waals surface area contributed by atoms with Crippen LogP contribution >= 0.6 is 15.9 Å². The normalized spacial score (nSPS) is 15.6. The Kier molecular flexibility index (Phi) is 2.66. The first-order valence-corrected chi connectivity index (χ1v) is 5.35. The Balaban J connectivity index is 2.24. The highest BCUT2D eigenvalue weighted by Crippen LogP contribution is 2.32. The molecule has 0 unspecified atom stereocenters. The van der Waals surface area contributed by atoms with E-state index in [2.05, 4.69) is 15.9 Å². The second-order valence-corrected chi connectivity index (χ2v) is 4.48. The van der Waals surface area contributed by atoms with E-state index < -0.39 is 12.7 Å². The average Bonchev–Trinajstić information content (AvgIpc) is 2.46. The van der Waals surface area contributed by atoms with Crippen molar-refractivity contribution in [2.45, 2.75) is 12.6 Å². The number of benzene rings is 1. The second-order valence-electron chi connectivity index (χ2n) is 3.56. The van der Waals surface area contributed by atoms with Gasteiger partial charge in [0.05, 0.1) is 0 Å². The van der Waals surface area contributed by atoms with E-state index in [1.807, 2.05) is 12.1 Å².